The summed E-state index contributed by atoms with van der Waals surface area (Å²) < 4.78 is 26.7. The summed E-state index contributed by atoms with van der Waals surface area (Å²) in [6.07, 6.45) is 0.705. The molecule has 0 aliphatic rings. The number of likely N-dealkylation sites (N-methyl/N-ethyl adjacent to an activating group) is 1. The molecule has 0 saturated heterocycles. The molecular formula is C16H26F2N2O. The number of rotatable bonds is 8. The van der Waals surface area contributed by atoms with Crippen molar-refractivity contribution >= 4 is 0 Å². The lowest BCUT2D eigenvalue weighted by molar-refractivity contribution is 0.0758. The topological polar surface area (TPSA) is 35.5 Å². The van der Waals surface area contributed by atoms with Gasteiger partial charge in [0, 0.05) is 24.2 Å². The van der Waals surface area contributed by atoms with Gasteiger partial charge < -0.3 is 10.4 Å². The molecule has 0 aliphatic heterocycles. The number of nitrogens with one attached hydrogen (secondary N) is 1. The van der Waals surface area contributed by atoms with Crippen molar-refractivity contribution in [2.45, 2.75) is 38.8 Å². The predicted molar refractivity (Wildman–Crippen MR) is 81.2 cm³/mol. The number of aliphatic hydroxyl groups is 1. The fraction of sp³-hybridized carbons (Fsp3) is 0.625. The Morgan fingerprint density at radius 1 is 1.24 bits per heavy atom. The molecule has 1 rings (SSSR count). The van der Waals surface area contributed by atoms with Crippen molar-refractivity contribution in [3.63, 3.8) is 0 Å². The van der Waals surface area contributed by atoms with Gasteiger partial charge in [-0.15, -0.1) is 0 Å². The normalized spacial score (nSPS) is 13.7. The summed E-state index contributed by atoms with van der Waals surface area (Å²) in [5.74, 6) is -1.12. The van der Waals surface area contributed by atoms with Gasteiger partial charge in [-0.3, -0.25) is 4.90 Å². The van der Waals surface area contributed by atoms with Gasteiger partial charge >= 0.3 is 0 Å². The Labute approximate surface area is 126 Å². The third-order valence-corrected chi connectivity index (χ3v) is 3.91. The maximum absolute atomic E-state index is 13.4. The van der Waals surface area contributed by atoms with E-state index in [1.807, 2.05) is 32.7 Å². The molecule has 0 aliphatic carbocycles. The van der Waals surface area contributed by atoms with Crippen LogP contribution >= 0.6 is 0 Å². The Hall–Kier alpha value is -1.04. The predicted octanol–water partition coefficient (Wildman–Crippen LogP) is 2.71. The van der Waals surface area contributed by atoms with E-state index in [1.54, 1.807) is 0 Å². The first-order valence-corrected chi connectivity index (χ1v) is 7.31. The fourth-order valence-corrected chi connectivity index (χ4v) is 2.16. The molecule has 120 valence electrons. The molecule has 5 heteroatoms. The molecule has 0 radical (unpaired) electrons. The quantitative estimate of drug-likeness (QED) is 0.775. The van der Waals surface area contributed by atoms with E-state index in [-0.39, 0.29) is 18.2 Å². The van der Waals surface area contributed by atoms with Crippen LogP contribution in [0.2, 0.25) is 0 Å². The van der Waals surface area contributed by atoms with E-state index >= 15 is 0 Å². The zero-order chi connectivity index (χ0) is 16.0. The largest absolute Gasteiger partial charge is 0.394 e. The highest BCUT2D eigenvalue weighted by molar-refractivity contribution is 5.21. The Morgan fingerprint density at radius 3 is 2.29 bits per heavy atom. The summed E-state index contributed by atoms with van der Waals surface area (Å²) in [4.78, 5) is 2.05. The van der Waals surface area contributed by atoms with Crippen LogP contribution in [0.3, 0.4) is 0 Å². The first-order valence-electron chi connectivity index (χ1n) is 7.31. The third kappa shape index (κ3) is 5.34. The van der Waals surface area contributed by atoms with Crippen molar-refractivity contribution in [1.82, 2.24) is 10.2 Å². The molecule has 0 aromatic heterocycles. The zero-order valence-corrected chi connectivity index (χ0v) is 13.3. The van der Waals surface area contributed by atoms with E-state index in [0.717, 1.165) is 12.6 Å². The van der Waals surface area contributed by atoms with Crippen molar-refractivity contribution in [2.75, 3.05) is 26.7 Å². The van der Waals surface area contributed by atoms with Gasteiger partial charge in [0.1, 0.15) is 11.6 Å². The first kappa shape index (κ1) is 18.0. The number of benzene rings is 1. The van der Waals surface area contributed by atoms with Crippen molar-refractivity contribution in [3.8, 4) is 0 Å². The van der Waals surface area contributed by atoms with Gasteiger partial charge in [0.25, 0.3) is 0 Å². The van der Waals surface area contributed by atoms with Crippen LogP contribution < -0.4 is 5.32 Å². The Bertz CT molecular complexity index is 432. The Balaban J connectivity index is 2.78. The summed E-state index contributed by atoms with van der Waals surface area (Å²) in [5, 5.41) is 12.6. The number of hydrogen-bond donors (Lipinski definition) is 2. The maximum Gasteiger partial charge on any atom is 0.126 e. The summed E-state index contributed by atoms with van der Waals surface area (Å²) in [6, 6.07) is 3.51. The molecule has 0 fully saturated rings. The fourth-order valence-electron chi connectivity index (χ4n) is 2.16. The van der Waals surface area contributed by atoms with Crippen molar-refractivity contribution in [1.29, 1.82) is 0 Å². The van der Waals surface area contributed by atoms with Crippen molar-refractivity contribution in [2.24, 2.45) is 0 Å². The zero-order valence-electron chi connectivity index (χ0n) is 13.3. The molecule has 3 nitrogen and oxygen atoms in total. The minimum absolute atomic E-state index is 0.0595. The second-order valence-electron chi connectivity index (χ2n) is 5.99. The molecule has 2 N–H and O–H groups in total. The van der Waals surface area contributed by atoms with E-state index < -0.39 is 11.6 Å². The molecule has 0 saturated carbocycles. The van der Waals surface area contributed by atoms with Crippen molar-refractivity contribution in [3.05, 3.63) is 35.4 Å². The SMILES string of the molecule is CCNC(CCN(C)C(C)(C)CO)c1cc(F)cc(F)c1. The molecule has 0 amide bonds. The number of halogens is 2. The van der Waals surface area contributed by atoms with Crippen LogP contribution in [-0.2, 0) is 0 Å². The first-order chi connectivity index (χ1) is 9.80. The lowest BCUT2D eigenvalue weighted by Gasteiger charge is -2.35. The second kappa shape index (κ2) is 7.82. The summed E-state index contributed by atoms with van der Waals surface area (Å²) in [5.41, 5.74) is 0.300. The molecule has 1 aromatic rings. The van der Waals surface area contributed by atoms with Gasteiger partial charge in [-0.1, -0.05) is 6.92 Å². The van der Waals surface area contributed by atoms with Gasteiger partial charge in [0.15, 0.2) is 0 Å². The Morgan fingerprint density at radius 2 is 1.81 bits per heavy atom. The van der Waals surface area contributed by atoms with Crippen LogP contribution in [0.25, 0.3) is 0 Å². The van der Waals surface area contributed by atoms with Crippen LogP contribution in [0.5, 0.6) is 0 Å². The van der Waals surface area contributed by atoms with Crippen LogP contribution in [0.4, 0.5) is 8.78 Å². The van der Waals surface area contributed by atoms with Gasteiger partial charge in [0.2, 0.25) is 0 Å². The van der Waals surface area contributed by atoms with E-state index in [1.165, 1.54) is 12.1 Å². The molecule has 1 unspecified atom stereocenters. The standard InChI is InChI=1S/C16H26F2N2O/c1-5-19-15(6-7-20(4)16(2,3)11-21)12-8-13(17)10-14(18)9-12/h8-10,15,19,21H,5-7,11H2,1-4H3. The number of nitrogens with zero attached hydrogens (tertiary/aromatic N) is 1. The molecule has 1 atom stereocenters. The number of aliphatic hydroxyl groups excluding tert-OH is 1. The van der Waals surface area contributed by atoms with Crippen LogP contribution in [0.15, 0.2) is 18.2 Å². The molecule has 21 heavy (non-hydrogen) atoms. The maximum atomic E-state index is 13.4. The molecule has 0 bridgehead atoms. The van der Waals surface area contributed by atoms with E-state index in [4.69, 9.17) is 0 Å². The highest BCUT2D eigenvalue weighted by Gasteiger charge is 2.23. The van der Waals surface area contributed by atoms with Gasteiger partial charge in [-0.05, 0) is 51.6 Å². The van der Waals surface area contributed by atoms with Gasteiger partial charge in [0.05, 0.1) is 6.61 Å². The molecular weight excluding hydrogens is 274 g/mol. The molecule has 0 spiro atoms. The van der Waals surface area contributed by atoms with E-state index in [2.05, 4.69) is 5.32 Å². The molecule has 1 aromatic carbocycles. The number of hydrogen-bond acceptors (Lipinski definition) is 3. The van der Waals surface area contributed by atoms with E-state index in [0.29, 0.717) is 18.5 Å². The van der Waals surface area contributed by atoms with Crippen LogP contribution in [0, 0.1) is 11.6 Å². The van der Waals surface area contributed by atoms with Gasteiger partial charge in [-0.25, -0.2) is 8.78 Å². The average Bonchev–Trinajstić information content (AvgIpc) is 2.41. The monoisotopic (exact) mass is 300 g/mol. The third-order valence-electron chi connectivity index (χ3n) is 3.91. The average molecular weight is 300 g/mol. The van der Waals surface area contributed by atoms with Crippen LogP contribution in [-0.4, -0.2) is 42.3 Å². The highest BCUT2D eigenvalue weighted by Crippen LogP contribution is 2.21. The highest BCUT2D eigenvalue weighted by atomic mass is 19.1. The van der Waals surface area contributed by atoms with Crippen molar-refractivity contribution < 1.29 is 13.9 Å². The minimum atomic E-state index is -0.558. The smallest absolute Gasteiger partial charge is 0.126 e. The summed E-state index contributed by atoms with van der Waals surface area (Å²) in [7, 11) is 1.94. The minimum Gasteiger partial charge on any atom is -0.394 e. The van der Waals surface area contributed by atoms with E-state index in [9.17, 15) is 13.9 Å². The van der Waals surface area contributed by atoms with Crippen LogP contribution in [0.1, 0.15) is 38.8 Å². The Kier molecular flexibility index (Phi) is 6.71. The second-order valence-corrected chi connectivity index (χ2v) is 5.99. The molecule has 0 heterocycles. The summed E-state index contributed by atoms with van der Waals surface area (Å²) in [6.45, 7) is 7.36. The summed E-state index contributed by atoms with van der Waals surface area (Å²) >= 11 is 0. The lowest BCUT2D eigenvalue weighted by Crippen LogP contribution is -2.45. The lowest BCUT2D eigenvalue weighted by atomic mass is 10.0. The van der Waals surface area contributed by atoms with Gasteiger partial charge in [-0.2, -0.15) is 0 Å².